The van der Waals surface area contributed by atoms with Crippen molar-refractivity contribution < 1.29 is 23.8 Å². The van der Waals surface area contributed by atoms with E-state index in [-0.39, 0.29) is 13.2 Å². The molecule has 33 heavy (non-hydrogen) atoms. The summed E-state index contributed by atoms with van der Waals surface area (Å²) in [6, 6.07) is 21.6. The van der Waals surface area contributed by atoms with Crippen LogP contribution in [0.5, 0.6) is 17.2 Å². The van der Waals surface area contributed by atoms with Crippen molar-refractivity contribution in [2.45, 2.75) is 13.5 Å². The first kappa shape index (κ1) is 22.3. The Morgan fingerprint density at radius 1 is 0.939 bits per heavy atom. The highest BCUT2D eigenvalue weighted by molar-refractivity contribution is 7.16. The zero-order chi connectivity index (χ0) is 23.2. The topological polar surface area (TPSA) is 79.1 Å². The van der Waals surface area contributed by atoms with Gasteiger partial charge in [-0.1, -0.05) is 29.5 Å². The van der Waals surface area contributed by atoms with Gasteiger partial charge < -0.3 is 18.8 Å². The number of amides is 1. The fourth-order valence-corrected chi connectivity index (χ4v) is 4.25. The molecule has 1 aromatic heterocycles. The van der Waals surface area contributed by atoms with Crippen LogP contribution in [0.25, 0.3) is 10.2 Å². The summed E-state index contributed by atoms with van der Waals surface area (Å²) in [7, 11) is 1.58. The fourth-order valence-electron chi connectivity index (χ4n) is 3.20. The third-order valence-electron chi connectivity index (χ3n) is 4.76. The number of aromatic nitrogens is 1. The summed E-state index contributed by atoms with van der Waals surface area (Å²) in [5, 5.41) is 0. The van der Waals surface area contributed by atoms with Crippen LogP contribution in [0.4, 0.5) is 0 Å². The van der Waals surface area contributed by atoms with Crippen LogP contribution in [0.1, 0.15) is 17.3 Å². The van der Waals surface area contributed by atoms with Gasteiger partial charge >= 0.3 is 5.97 Å². The number of rotatable bonds is 7. The summed E-state index contributed by atoms with van der Waals surface area (Å²) in [6.07, 6.45) is 0. The van der Waals surface area contributed by atoms with Gasteiger partial charge in [0, 0.05) is 5.56 Å². The van der Waals surface area contributed by atoms with E-state index in [1.165, 1.54) is 11.3 Å². The van der Waals surface area contributed by atoms with E-state index in [2.05, 4.69) is 4.99 Å². The van der Waals surface area contributed by atoms with Crippen molar-refractivity contribution in [3.05, 3.63) is 83.2 Å². The largest absolute Gasteiger partial charge is 0.497 e. The van der Waals surface area contributed by atoms with Gasteiger partial charge in [0.25, 0.3) is 5.91 Å². The lowest BCUT2D eigenvalue weighted by Gasteiger charge is -2.06. The molecule has 168 valence electrons. The number of carbonyl (C=O) groups is 2. The number of hydrogen-bond acceptors (Lipinski definition) is 6. The molecule has 0 saturated carbocycles. The molecule has 1 heterocycles. The molecule has 0 aliphatic heterocycles. The monoisotopic (exact) mass is 462 g/mol. The van der Waals surface area contributed by atoms with Crippen molar-refractivity contribution in [3.8, 4) is 17.2 Å². The maximum Gasteiger partial charge on any atom is 0.326 e. The number of methoxy groups -OCH3 is 1. The van der Waals surface area contributed by atoms with Gasteiger partial charge in [0.1, 0.15) is 23.8 Å². The van der Waals surface area contributed by atoms with E-state index in [1.807, 2.05) is 42.5 Å². The minimum absolute atomic E-state index is 0.0455. The Labute approximate surface area is 194 Å². The third-order valence-corrected chi connectivity index (χ3v) is 5.80. The summed E-state index contributed by atoms with van der Waals surface area (Å²) in [5.74, 6) is 1.19. The molecule has 0 spiro atoms. The Hall–Kier alpha value is -3.91. The van der Waals surface area contributed by atoms with E-state index in [4.69, 9.17) is 14.2 Å². The van der Waals surface area contributed by atoms with Crippen LogP contribution in [-0.2, 0) is 16.1 Å². The van der Waals surface area contributed by atoms with E-state index < -0.39 is 11.9 Å². The van der Waals surface area contributed by atoms with Gasteiger partial charge in [0.15, 0.2) is 4.80 Å². The maximum atomic E-state index is 12.9. The van der Waals surface area contributed by atoms with Crippen molar-refractivity contribution in [1.29, 1.82) is 0 Å². The molecule has 7 nitrogen and oxygen atoms in total. The van der Waals surface area contributed by atoms with E-state index in [9.17, 15) is 9.59 Å². The van der Waals surface area contributed by atoms with Crippen molar-refractivity contribution in [2.24, 2.45) is 4.99 Å². The highest BCUT2D eigenvalue weighted by Gasteiger charge is 2.14. The van der Waals surface area contributed by atoms with Crippen molar-refractivity contribution in [3.63, 3.8) is 0 Å². The summed E-state index contributed by atoms with van der Waals surface area (Å²) in [6.45, 7) is 1.98. The average molecular weight is 463 g/mol. The summed E-state index contributed by atoms with van der Waals surface area (Å²) in [4.78, 5) is 29.8. The molecule has 0 unspecified atom stereocenters. The van der Waals surface area contributed by atoms with Crippen molar-refractivity contribution in [2.75, 3.05) is 13.7 Å². The van der Waals surface area contributed by atoms with Crippen LogP contribution in [0, 0.1) is 0 Å². The molecule has 0 radical (unpaired) electrons. The molecule has 4 aromatic rings. The average Bonchev–Trinajstić information content (AvgIpc) is 3.16. The van der Waals surface area contributed by atoms with E-state index >= 15 is 0 Å². The Bertz CT molecular complexity index is 1340. The smallest absolute Gasteiger partial charge is 0.326 e. The van der Waals surface area contributed by atoms with Gasteiger partial charge in [-0.3, -0.25) is 9.59 Å². The number of benzene rings is 3. The van der Waals surface area contributed by atoms with Gasteiger partial charge in [-0.25, -0.2) is 0 Å². The molecular weight excluding hydrogens is 440 g/mol. The Balaban J connectivity index is 1.65. The first-order chi connectivity index (χ1) is 16.1. The molecule has 0 atom stereocenters. The Kier molecular flexibility index (Phi) is 6.85. The van der Waals surface area contributed by atoms with Gasteiger partial charge in [-0.2, -0.15) is 4.99 Å². The predicted octanol–water partition coefficient (Wildman–Crippen LogP) is 4.81. The Morgan fingerprint density at radius 2 is 1.64 bits per heavy atom. The minimum atomic E-state index is -0.419. The van der Waals surface area contributed by atoms with Crippen LogP contribution in [0.2, 0.25) is 0 Å². The molecule has 1 amide bonds. The Morgan fingerprint density at radius 3 is 2.33 bits per heavy atom. The lowest BCUT2D eigenvalue weighted by molar-refractivity contribution is -0.143. The molecule has 0 aliphatic carbocycles. The van der Waals surface area contributed by atoms with Crippen LogP contribution < -0.4 is 14.3 Å². The molecular formula is C25H22N2O5S. The summed E-state index contributed by atoms with van der Waals surface area (Å²) in [5.41, 5.74) is 1.18. The number of thiazole rings is 1. The molecule has 0 aliphatic rings. The van der Waals surface area contributed by atoms with E-state index in [0.29, 0.717) is 27.6 Å². The molecule has 4 rings (SSSR count). The van der Waals surface area contributed by atoms with Gasteiger partial charge in [0.05, 0.1) is 23.9 Å². The zero-order valence-corrected chi connectivity index (χ0v) is 19.0. The highest BCUT2D eigenvalue weighted by atomic mass is 32.1. The molecule has 0 bridgehead atoms. The second-order valence-electron chi connectivity index (χ2n) is 6.97. The lowest BCUT2D eigenvalue weighted by atomic mass is 10.2. The number of para-hydroxylation sites is 1. The highest BCUT2D eigenvalue weighted by Crippen LogP contribution is 2.24. The van der Waals surface area contributed by atoms with Crippen molar-refractivity contribution in [1.82, 2.24) is 4.57 Å². The van der Waals surface area contributed by atoms with E-state index in [1.54, 1.807) is 48.9 Å². The van der Waals surface area contributed by atoms with Crippen molar-refractivity contribution >= 4 is 33.4 Å². The second kappa shape index (κ2) is 10.1. The van der Waals surface area contributed by atoms with Gasteiger partial charge in [-0.15, -0.1) is 0 Å². The molecule has 0 saturated heterocycles. The number of carbonyl (C=O) groups excluding carboxylic acids is 2. The lowest BCUT2D eigenvalue weighted by Crippen LogP contribution is -2.23. The quantitative estimate of drug-likeness (QED) is 0.368. The SMILES string of the molecule is CCOC(=O)Cn1c(=NC(=O)c2ccc(Oc3ccccc3)cc2)sc2cc(OC)ccc21. The summed E-state index contributed by atoms with van der Waals surface area (Å²) < 4.78 is 18.7. The fraction of sp³-hybridized carbons (Fsp3) is 0.160. The van der Waals surface area contributed by atoms with Gasteiger partial charge in [0.2, 0.25) is 0 Å². The number of esters is 1. The standard InChI is InChI=1S/C25H22N2O5S/c1-3-31-23(28)16-27-21-14-13-20(30-2)15-22(21)33-25(27)26-24(29)17-9-11-19(12-10-17)32-18-7-5-4-6-8-18/h4-15H,3,16H2,1-2H3. The molecule has 3 aromatic carbocycles. The number of ether oxygens (including phenoxy) is 3. The first-order valence-corrected chi connectivity index (χ1v) is 11.1. The molecule has 8 heteroatoms. The van der Waals surface area contributed by atoms with Crippen LogP contribution in [0.3, 0.4) is 0 Å². The number of hydrogen-bond donors (Lipinski definition) is 0. The third kappa shape index (κ3) is 5.30. The number of nitrogens with zero attached hydrogens (tertiary/aromatic N) is 2. The second-order valence-corrected chi connectivity index (χ2v) is 7.98. The van der Waals surface area contributed by atoms with Crippen LogP contribution >= 0.6 is 11.3 Å². The molecule has 0 N–H and O–H groups in total. The van der Waals surface area contributed by atoms with E-state index in [0.717, 1.165) is 10.2 Å². The molecule has 0 fully saturated rings. The van der Waals surface area contributed by atoms with Crippen LogP contribution in [-0.4, -0.2) is 30.2 Å². The zero-order valence-electron chi connectivity index (χ0n) is 18.2. The first-order valence-electron chi connectivity index (χ1n) is 10.3. The number of fused-ring (bicyclic) bond motifs is 1. The minimum Gasteiger partial charge on any atom is -0.497 e. The predicted molar refractivity (Wildman–Crippen MR) is 126 cm³/mol. The van der Waals surface area contributed by atoms with Crippen LogP contribution in [0.15, 0.2) is 77.8 Å². The maximum absolute atomic E-state index is 12.9. The summed E-state index contributed by atoms with van der Waals surface area (Å²) >= 11 is 1.30. The van der Waals surface area contributed by atoms with Gasteiger partial charge in [-0.05, 0) is 61.5 Å². The normalized spacial score (nSPS) is 11.4.